The quantitative estimate of drug-likeness (QED) is 0.325. The van der Waals surface area contributed by atoms with Gasteiger partial charge in [0.05, 0.1) is 19.4 Å². The molecule has 5 nitrogen and oxygen atoms in total. The highest BCUT2D eigenvalue weighted by molar-refractivity contribution is 6.67. The predicted octanol–water partition coefficient (Wildman–Crippen LogP) is 0.712. The fourth-order valence-electron chi connectivity index (χ4n) is 1.52. The van der Waals surface area contributed by atoms with E-state index < -0.39 is 8.56 Å². The first kappa shape index (κ1) is 14.1. The van der Waals surface area contributed by atoms with Gasteiger partial charge < -0.3 is 23.1 Å². The predicted molar refractivity (Wildman–Crippen MR) is 61.6 cm³/mol. The Morgan fingerprint density at radius 1 is 1.25 bits per heavy atom. The lowest BCUT2D eigenvalue weighted by molar-refractivity contribution is 0.112. The molecule has 1 heterocycles. The summed E-state index contributed by atoms with van der Waals surface area (Å²) in [5, 5.41) is 0. The van der Waals surface area contributed by atoms with Crippen molar-refractivity contribution < 1.29 is 23.1 Å². The molecule has 0 bridgehead atoms. The van der Waals surface area contributed by atoms with Crippen LogP contribution in [0.1, 0.15) is 6.42 Å². The van der Waals surface area contributed by atoms with E-state index >= 15 is 0 Å². The second-order valence-corrected chi connectivity index (χ2v) is 7.31. The molecule has 0 N–H and O–H groups in total. The van der Waals surface area contributed by atoms with Crippen LogP contribution in [0, 0.1) is 0 Å². The van der Waals surface area contributed by atoms with Crippen LogP contribution in [0.4, 0.5) is 0 Å². The number of methoxy groups -OCH3 is 1. The molecule has 1 atom stereocenters. The van der Waals surface area contributed by atoms with E-state index in [1.165, 1.54) is 0 Å². The summed E-state index contributed by atoms with van der Waals surface area (Å²) >= 11 is 0. The molecule has 1 saturated heterocycles. The molecule has 1 aliphatic heterocycles. The average molecular weight is 250 g/mol. The second kappa shape index (κ2) is 7.36. The molecule has 1 rings (SSSR count). The maximum Gasteiger partial charge on any atom is 0.364 e. The Bertz CT molecular complexity index is 182. The van der Waals surface area contributed by atoms with Gasteiger partial charge in [0, 0.05) is 27.9 Å². The van der Waals surface area contributed by atoms with Crippen molar-refractivity contribution in [2.24, 2.45) is 0 Å². The highest BCUT2D eigenvalue weighted by atomic mass is 28.4. The standard InChI is InChI=1S/C10H22O5Si/c1-11-9-16(12-2,13-3)6-4-5-14-7-10-8-15-10/h10H,4-9H2,1-3H3. The van der Waals surface area contributed by atoms with Crippen molar-refractivity contribution in [3.8, 4) is 0 Å². The topological polar surface area (TPSA) is 49.5 Å². The Labute approximate surface area is 98.2 Å². The van der Waals surface area contributed by atoms with Crippen LogP contribution in [0.2, 0.25) is 6.04 Å². The van der Waals surface area contributed by atoms with Gasteiger partial charge in [-0.25, -0.2) is 0 Å². The summed E-state index contributed by atoms with van der Waals surface area (Å²) < 4.78 is 26.6. The van der Waals surface area contributed by atoms with Gasteiger partial charge in [-0.05, 0) is 12.5 Å². The lowest BCUT2D eigenvalue weighted by Gasteiger charge is -2.26. The number of hydrogen-bond acceptors (Lipinski definition) is 5. The summed E-state index contributed by atoms with van der Waals surface area (Å²) in [5.74, 6) is 0. The Kier molecular flexibility index (Phi) is 6.48. The van der Waals surface area contributed by atoms with Crippen LogP contribution in [-0.4, -0.2) is 62.0 Å². The van der Waals surface area contributed by atoms with Crippen molar-refractivity contribution in [2.45, 2.75) is 18.6 Å². The maximum absolute atomic E-state index is 5.48. The lowest BCUT2D eigenvalue weighted by Crippen LogP contribution is -2.45. The Morgan fingerprint density at radius 3 is 2.44 bits per heavy atom. The van der Waals surface area contributed by atoms with Crippen LogP contribution in [0.15, 0.2) is 0 Å². The summed E-state index contributed by atoms with van der Waals surface area (Å²) in [6.45, 7) is 2.28. The lowest BCUT2D eigenvalue weighted by atomic mass is 10.5. The van der Waals surface area contributed by atoms with Crippen molar-refractivity contribution in [2.75, 3.05) is 47.4 Å². The van der Waals surface area contributed by atoms with E-state index in [1.807, 2.05) is 0 Å². The summed E-state index contributed by atoms with van der Waals surface area (Å²) in [7, 11) is 2.91. The monoisotopic (exact) mass is 250 g/mol. The van der Waals surface area contributed by atoms with E-state index in [2.05, 4.69) is 0 Å². The van der Waals surface area contributed by atoms with Crippen LogP contribution < -0.4 is 0 Å². The van der Waals surface area contributed by atoms with Gasteiger partial charge in [0.25, 0.3) is 0 Å². The molecular formula is C10H22O5Si. The van der Waals surface area contributed by atoms with Gasteiger partial charge >= 0.3 is 8.56 Å². The first-order valence-corrected chi connectivity index (χ1v) is 7.78. The van der Waals surface area contributed by atoms with Gasteiger partial charge in [0.1, 0.15) is 6.10 Å². The SMILES string of the molecule is COC[Si](CCCOCC1CO1)(OC)OC. The zero-order valence-electron chi connectivity index (χ0n) is 10.4. The van der Waals surface area contributed by atoms with Gasteiger partial charge in [-0.15, -0.1) is 0 Å². The molecule has 16 heavy (non-hydrogen) atoms. The first-order chi connectivity index (χ1) is 7.76. The van der Waals surface area contributed by atoms with E-state index in [9.17, 15) is 0 Å². The minimum Gasteiger partial charge on any atom is -0.396 e. The highest BCUT2D eigenvalue weighted by Crippen LogP contribution is 2.15. The number of rotatable bonds is 10. The molecular weight excluding hydrogens is 228 g/mol. The van der Waals surface area contributed by atoms with Crippen molar-refractivity contribution >= 4 is 8.56 Å². The Balaban J connectivity index is 2.09. The molecule has 0 saturated carbocycles. The minimum atomic E-state index is -2.14. The third-order valence-electron chi connectivity index (χ3n) is 2.66. The van der Waals surface area contributed by atoms with Crippen molar-refractivity contribution in [3.05, 3.63) is 0 Å². The molecule has 1 unspecified atom stereocenters. The molecule has 0 spiro atoms. The Hall–Kier alpha value is 0.0169. The van der Waals surface area contributed by atoms with Gasteiger partial charge in [0.2, 0.25) is 0 Å². The fraction of sp³-hybridized carbons (Fsp3) is 1.00. The minimum absolute atomic E-state index is 0.339. The van der Waals surface area contributed by atoms with E-state index in [1.54, 1.807) is 21.3 Å². The number of hydrogen-bond donors (Lipinski definition) is 0. The van der Waals surface area contributed by atoms with Gasteiger partial charge in [-0.3, -0.25) is 0 Å². The van der Waals surface area contributed by atoms with Crippen molar-refractivity contribution in [1.29, 1.82) is 0 Å². The van der Waals surface area contributed by atoms with E-state index in [0.29, 0.717) is 18.9 Å². The van der Waals surface area contributed by atoms with Crippen LogP contribution in [0.5, 0.6) is 0 Å². The smallest absolute Gasteiger partial charge is 0.364 e. The third kappa shape index (κ3) is 4.90. The Morgan fingerprint density at radius 2 is 1.94 bits per heavy atom. The molecule has 0 aromatic heterocycles. The van der Waals surface area contributed by atoms with Gasteiger partial charge in [-0.2, -0.15) is 0 Å². The highest BCUT2D eigenvalue weighted by Gasteiger charge is 2.35. The van der Waals surface area contributed by atoms with E-state index in [0.717, 1.165) is 25.7 Å². The summed E-state index contributed by atoms with van der Waals surface area (Å²) in [6, 6.07) is 0.888. The first-order valence-electron chi connectivity index (χ1n) is 5.55. The second-order valence-electron chi connectivity index (χ2n) is 3.89. The molecule has 96 valence electrons. The molecule has 0 aromatic carbocycles. The average Bonchev–Trinajstić information content (AvgIpc) is 3.11. The van der Waals surface area contributed by atoms with E-state index in [-0.39, 0.29) is 0 Å². The van der Waals surface area contributed by atoms with Crippen LogP contribution >= 0.6 is 0 Å². The zero-order chi connectivity index (χ0) is 11.9. The van der Waals surface area contributed by atoms with Gasteiger partial charge in [0.15, 0.2) is 0 Å². The number of epoxide rings is 1. The van der Waals surface area contributed by atoms with Gasteiger partial charge in [-0.1, -0.05) is 0 Å². The molecule has 0 aromatic rings. The van der Waals surface area contributed by atoms with Crippen molar-refractivity contribution in [3.63, 3.8) is 0 Å². The van der Waals surface area contributed by atoms with Crippen LogP contribution in [0.3, 0.4) is 0 Å². The maximum atomic E-state index is 5.48. The normalized spacial score (nSPS) is 20.1. The summed E-state index contributed by atoms with van der Waals surface area (Å²) in [5.41, 5.74) is 0. The fourth-order valence-corrected chi connectivity index (χ4v) is 3.60. The number of ether oxygens (including phenoxy) is 3. The van der Waals surface area contributed by atoms with Crippen LogP contribution in [0.25, 0.3) is 0 Å². The molecule has 0 aliphatic carbocycles. The summed E-state index contributed by atoms with van der Waals surface area (Å²) in [4.78, 5) is 0. The third-order valence-corrected chi connectivity index (χ3v) is 5.99. The zero-order valence-corrected chi connectivity index (χ0v) is 11.4. The molecule has 0 radical (unpaired) electrons. The molecule has 6 heteroatoms. The van der Waals surface area contributed by atoms with Crippen molar-refractivity contribution in [1.82, 2.24) is 0 Å². The largest absolute Gasteiger partial charge is 0.396 e. The molecule has 0 amide bonds. The molecule has 1 fully saturated rings. The van der Waals surface area contributed by atoms with E-state index in [4.69, 9.17) is 23.1 Å². The molecule has 1 aliphatic rings. The van der Waals surface area contributed by atoms with Crippen LogP contribution in [-0.2, 0) is 23.1 Å². The summed E-state index contributed by atoms with van der Waals surface area (Å²) in [6.07, 6.45) is 1.83.